The Kier molecular flexibility index (Phi) is 4.23. The van der Waals surface area contributed by atoms with Gasteiger partial charge >= 0.3 is 0 Å². The number of nitrogens with one attached hydrogen (secondary N) is 1. The van der Waals surface area contributed by atoms with Gasteiger partial charge in [-0.1, -0.05) is 48.0 Å². The van der Waals surface area contributed by atoms with Crippen LogP contribution in [0.1, 0.15) is 4.88 Å². The molecule has 0 bridgehead atoms. The minimum Gasteiger partial charge on any atom is -0.377 e. The first-order valence-corrected chi connectivity index (χ1v) is 7.80. The summed E-state index contributed by atoms with van der Waals surface area (Å²) >= 11 is 7.65. The van der Waals surface area contributed by atoms with Gasteiger partial charge in [0.05, 0.1) is 10.7 Å². The van der Waals surface area contributed by atoms with Crippen LogP contribution in [0.4, 0.5) is 10.1 Å². The molecule has 0 unspecified atom stereocenters. The van der Waals surface area contributed by atoms with Crippen molar-refractivity contribution >= 4 is 28.6 Å². The molecule has 0 amide bonds. The Labute approximate surface area is 132 Å². The van der Waals surface area contributed by atoms with Crippen LogP contribution in [0.25, 0.3) is 11.1 Å². The van der Waals surface area contributed by atoms with Crippen molar-refractivity contribution in [1.29, 1.82) is 0 Å². The van der Waals surface area contributed by atoms with E-state index in [1.807, 2.05) is 18.2 Å². The molecule has 3 aromatic rings. The highest BCUT2D eigenvalue weighted by molar-refractivity contribution is 7.10. The first kappa shape index (κ1) is 14.1. The second-order valence-corrected chi connectivity index (χ2v) is 6.02. The predicted octanol–water partition coefficient (Wildman–Crippen LogP) is 5.82. The maximum absolute atomic E-state index is 13.7. The second kappa shape index (κ2) is 6.29. The minimum absolute atomic E-state index is 0.331. The van der Waals surface area contributed by atoms with Crippen molar-refractivity contribution in [2.75, 3.05) is 5.32 Å². The van der Waals surface area contributed by atoms with Crippen LogP contribution in [0, 0.1) is 5.82 Å². The topological polar surface area (TPSA) is 12.0 Å². The van der Waals surface area contributed by atoms with Crippen molar-refractivity contribution in [2.45, 2.75) is 6.54 Å². The summed E-state index contributed by atoms with van der Waals surface area (Å²) in [5, 5.41) is 5.57. The Balaban J connectivity index is 1.74. The van der Waals surface area contributed by atoms with Crippen molar-refractivity contribution in [2.24, 2.45) is 0 Å². The molecule has 0 saturated carbocycles. The molecule has 0 atom stereocenters. The third-order valence-electron chi connectivity index (χ3n) is 3.16. The molecule has 0 spiro atoms. The second-order valence-electron chi connectivity index (χ2n) is 4.62. The molecule has 0 saturated heterocycles. The third-order valence-corrected chi connectivity index (χ3v) is 4.41. The van der Waals surface area contributed by atoms with E-state index in [0.717, 1.165) is 4.88 Å². The molecule has 0 radical (unpaired) electrons. The van der Waals surface area contributed by atoms with Gasteiger partial charge < -0.3 is 5.32 Å². The molecule has 1 N–H and O–H groups in total. The van der Waals surface area contributed by atoms with Gasteiger partial charge in [-0.25, -0.2) is 4.39 Å². The van der Waals surface area contributed by atoms with E-state index in [2.05, 4.69) is 28.9 Å². The number of hydrogen-bond donors (Lipinski definition) is 1. The number of hydrogen-bond acceptors (Lipinski definition) is 2. The number of para-hydroxylation sites is 1. The molecule has 2 aromatic carbocycles. The highest BCUT2D eigenvalue weighted by atomic mass is 35.5. The van der Waals surface area contributed by atoms with E-state index in [0.29, 0.717) is 17.3 Å². The fourth-order valence-electron chi connectivity index (χ4n) is 2.10. The Morgan fingerprint density at radius 1 is 1.00 bits per heavy atom. The van der Waals surface area contributed by atoms with Crippen LogP contribution in [0.2, 0.25) is 5.02 Å². The van der Waals surface area contributed by atoms with E-state index >= 15 is 0 Å². The number of thiophene rings is 1. The fourth-order valence-corrected chi connectivity index (χ4v) is 3.16. The third kappa shape index (κ3) is 3.26. The quantitative estimate of drug-likeness (QED) is 0.639. The molecule has 1 nitrogen and oxygen atoms in total. The van der Waals surface area contributed by atoms with Crippen molar-refractivity contribution in [3.05, 3.63) is 75.7 Å². The van der Waals surface area contributed by atoms with Gasteiger partial charge in [-0.05, 0) is 34.7 Å². The van der Waals surface area contributed by atoms with Gasteiger partial charge in [-0.2, -0.15) is 0 Å². The highest BCUT2D eigenvalue weighted by Gasteiger charge is 2.07. The molecule has 0 aliphatic heterocycles. The molecule has 0 fully saturated rings. The summed E-state index contributed by atoms with van der Waals surface area (Å²) in [6, 6.07) is 17.0. The zero-order chi connectivity index (χ0) is 14.7. The normalized spacial score (nSPS) is 10.6. The van der Waals surface area contributed by atoms with E-state index in [-0.39, 0.29) is 5.82 Å². The summed E-state index contributed by atoms with van der Waals surface area (Å²) in [6.45, 7) is 0.554. The lowest BCUT2D eigenvalue weighted by atomic mass is 10.1. The summed E-state index contributed by atoms with van der Waals surface area (Å²) in [4.78, 5) is 1.13. The lowest BCUT2D eigenvalue weighted by Gasteiger charge is -2.07. The molecule has 0 aliphatic carbocycles. The molecule has 1 aromatic heterocycles. The van der Waals surface area contributed by atoms with E-state index in [1.165, 1.54) is 17.2 Å². The van der Waals surface area contributed by atoms with E-state index in [9.17, 15) is 4.39 Å². The highest BCUT2D eigenvalue weighted by Crippen LogP contribution is 2.28. The standard InChI is InChI=1S/C17H13ClFNS/c18-15-7-4-8-16(19)17(15)20-10-14-9-13(11-21-14)12-5-2-1-3-6-12/h1-9,11,20H,10H2. The molecular weight excluding hydrogens is 305 g/mol. The lowest BCUT2D eigenvalue weighted by molar-refractivity contribution is 0.630. The average Bonchev–Trinajstić information content (AvgIpc) is 2.97. The lowest BCUT2D eigenvalue weighted by Crippen LogP contribution is -2.00. The van der Waals surface area contributed by atoms with E-state index < -0.39 is 0 Å². The van der Waals surface area contributed by atoms with Crippen molar-refractivity contribution < 1.29 is 4.39 Å². The van der Waals surface area contributed by atoms with Gasteiger partial charge in [-0.3, -0.25) is 0 Å². The summed E-state index contributed by atoms with van der Waals surface area (Å²) in [7, 11) is 0. The monoisotopic (exact) mass is 317 g/mol. The zero-order valence-electron chi connectivity index (χ0n) is 11.1. The summed E-state index contributed by atoms with van der Waals surface area (Å²) in [6.07, 6.45) is 0. The fraction of sp³-hybridized carbons (Fsp3) is 0.0588. The Morgan fingerprint density at radius 2 is 1.81 bits per heavy atom. The summed E-state index contributed by atoms with van der Waals surface area (Å²) in [5.41, 5.74) is 2.72. The number of anilines is 1. The van der Waals surface area contributed by atoms with Crippen LogP contribution < -0.4 is 5.32 Å². The summed E-state index contributed by atoms with van der Waals surface area (Å²) < 4.78 is 13.7. The first-order chi connectivity index (χ1) is 10.2. The molecule has 0 aliphatic rings. The van der Waals surface area contributed by atoms with Crippen LogP contribution in [-0.2, 0) is 6.54 Å². The Morgan fingerprint density at radius 3 is 2.57 bits per heavy atom. The zero-order valence-corrected chi connectivity index (χ0v) is 12.7. The van der Waals surface area contributed by atoms with Gasteiger partial charge in [0.1, 0.15) is 5.82 Å². The van der Waals surface area contributed by atoms with Gasteiger partial charge in [0.15, 0.2) is 0 Å². The molecule has 1 heterocycles. The van der Waals surface area contributed by atoms with Gasteiger partial charge in [0.25, 0.3) is 0 Å². The molecule has 4 heteroatoms. The van der Waals surface area contributed by atoms with Crippen LogP contribution in [-0.4, -0.2) is 0 Å². The molecule has 21 heavy (non-hydrogen) atoms. The van der Waals surface area contributed by atoms with Crippen molar-refractivity contribution in [3.8, 4) is 11.1 Å². The Hall–Kier alpha value is -1.84. The van der Waals surface area contributed by atoms with E-state index in [4.69, 9.17) is 11.6 Å². The molecular formula is C17H13ClFNS. The number of benzene rings is 2. The van der Waals surface area contributed by atoms with E-state index in [1.54, 1.807) is 23.5 Å². The largest absolute Gasteiger partial charge is 0.377 e. The van der Waals surface area contributed by atoms with Gasteiger partial charge in [0.2, 0.25) is 0 Å². The first-order valence-electron chi connectivity index (χ1n) is 6.55. The predicted molar refractivity (Wildman–Crippen MR) is 88.5 cm³/mol. The SMILES string of the molecule is Fc1cccc(Cl)c1NCc1cc(-c2ccccc2)cs1. The van der Waals surface area contributed by atoms with Crippen molar-refractivity contribution in [1.82, 2.24) is 0 Å². The number of halogens is 2. The summed E-state index contributed by atoms with van der Waals surface area (Å²) in [5.74, 6) is -0.331. The van der Waals surface area contributed by atoms with Crippen LogP contribution in [0.3, 0.4) is 0 Å². The molecule has 3 rings (SSSR count). The smallest absolute Gasteiger partial charge is 0.147 e. The Bertz CT molecular complexity index is 719. The van der Waals surface area contributed by atoms with Crippen LogP contribution in [0.15, 0.2) is 60.0 Å². The van der Waals surface area contributed by atoms with Gasteiger partial charge in [0, 0.05) is 11.4 Å². The molecule has 106 valence electrons. The maximum Gasteiger partial charge on any atom is 0.147 e. The minimum atomic E-state index is -0.331. The van der Waals surface area contributed by atoms with Gasteiger partial charge in [-0.15, -0.1) is 11.3 Å². The number of rotatable bonds is 4. The average molecular weight is 318 g/mol. The van der Waals surface area contributed by atoms with Crippen LogP contribution >= 0.6 is 22.9 Å². The maximum atomic E-state index is 13.7. The van der Waals surface area contributed by atoms with Crippen molar-refractivity contribution in [3.63, 3.8) is 0 Å². The van der Waals surface area contributed by atoms with Crippen LogP contribution in [0.5, 0.6) is 0 Å².